The molecule has 0 spiro atoms. The summed E-state index contributed by atoms with van der Waals surface area (Å²) in [6.07, 6.45) is -0.0986. The Morgan fingerprint density at radius 1 is 1.38 bits per heavy atom. The van der Waals surface area contributed by atoms with Gasteiger partial charge in [-0.25, -0.2) is 4.79 Å². The highest BCUT2D eigenvalue weighted by atomic mass is 16.8. The number of hydrogen-bond donors (Lipinski definition) is 0. The van der Waals surface area contributed by atoms with Crippen LogP contribution in [-0.2, 0) is 19.0 Å². The van der Waals surface area contributed by atoms with Gasteiger partial charge in [-0.2, -0.15) is 0 Å². The van der Waals surface area contributed by atoms with Gasteiger partial charge in [-0.3, -0.25) is 0 Å². The number of cyclic esters (lactones) is 1. The Labute approximate surface area is 77.1 Å². The molecule has 74 valence electrons. The van der Waals surface area contributed by atoms with Crippen molar-refractivity contribution in [1.29, 1.82) is 0 Å². The largest absolute Gasteiger partial charge is 0.457 e. The van der Waals surface area contributed by atoms with Crippen molar-refractivity contribution in [3.05, 3.63) is 0 Å². The molecule has 1 unspecified atom stereocenters. The van der Waals surface area contributed by atoms with Crippen LogP contribution in [0.2, 0.25) is 0 Å². The molecule has 3 atom stereocenters. The fourth-order valence-corrected chi connectivity index (χ4v) is 1.84. The van der Waals surface area contributed by atoms with Gasteiger partial charge in [0, 0.05) is 0 Å². The summed E-state index contributed by atoms with van der Waals surface area (Å²) in [5.41, 5.74) is 0. The lowest BCUT2D eigenvalue weighted by Gasteiger charge is -2.20. The third-order valence-electron chi connectivity index (χ3n) is 2.40. The number of esters is 1. The van der Waals surface area contributed by atoms with Gasteiger partial charge in [0.15, 0.2) is 11.9 Å². The van der Waals surface area contributed by atoms with Crippen LogP contribution in [0.5, 0.6) is 0 Å². The van der Waals surface area contributed by atoms with E-state index in [4.69, 9.17) is 14.2 Å². The molecule has 2 rings (SSSR count). The van der Waals surface area contributed by atoms with E-state index in [1.807, 2.05) is 20.8 Å². The fraction of sp³-hybridized carbons (Fsp3) is 0.889. The molecule has 0 N–H and O–H groups in total. The van der Waals surface area contributed by atoms with Gasteiger partial charge in [0.1, 0.15) is 12.2 Å². The maximum absolute atomic E-state index is 11.3. The summed E-state index contributed by atoms with van der Waals surface area (Å²) in [5.74, 6) is -0.940. The predicted octanol–water partition coefficient (Wildman–Crippen LogP) is 0.842. The van der Waals surface area contributed by atoms with Gasteiger partial charge in [-0.15, -0.1) is 0 Å². The Kier molecular flexibility index (Phi) is 1.85. The lowest BCUT2D eigenvalue weighted by molar-refractivity contribution is -0.186. The van der Waals surface area contributed by atoms with Crippen LogP contribution in [0.25, 0.3) is 0 Å². The van der Waals surface area contributed by atoms with Crippen LogP contribution in [-0.4, -0.2) is 30.1 Å². The average Bonchev–Trinajstić information content (AvgIpc) is 2.47. The molecule has 0 aromatic carbocycles. The van der Waals surface area contributed by atoms with Crippen molar-refractivity contribution in [3.63, 3.8) is 0 Å². The number of hydrogen-bond acceptors (Lipinski definition) is 4. The van der Waals surface area contributed by atoms with Crippen molar-refractivity contribution < 1.29 is 19.0 Å². The monoisotopic (exact) mass is 186 g/mol. The predicted molar refractivity (Wildman–Crippen MR) is 44.0 cm³/mol. The van der Waals surface area contributed by atoms with E-state index in [-0.39, 0.29) is 18.2 Å². The summed E-state index contributed by atoms with van der Waals surface area (Å²) in [6, 6.07) is 0. The Hall–Kier alpha value is -0.610. The maximum atomic E-state index is 11.3. The standard InChI is InChI=1S/C9H14O4/c1-4-5-6-7(8(10)11-5)13-9(2,3)12-6/h5-7H,4H2,1-3H3/t5-,6?,7+/m1/s1. The van der Waals surface area contributed by atoms with E-state index in [1.165, 1.54) is 0 Å². The lowest BCUT2D eigenvalue weighted by Crippen LogP contribution is -2.28. The van der Waals surface area contributed by atoms with E-state index in [0.29, 0.717) is 0 Å². The van der Waals surface area contributed by atoms with Crippen LogP contribution >= 0.6 is 0 Å². The fourth-order valence-electron chi connectivity index (χ4n) is 1.84. The number of carbonyl (C=O) groups is 1. The van der Waals surface area contributed by atoms with Crippen LogP contribution in [0.4, 0.5) is 0 Å². The molecule has 4 nitrogen and oxygen atoms in total. The first-order valence-electron chi connectivity index (χ1n) is 4.59. The Bertz CT molecular complexity index is 236. The molecule has 0 bridgehead atoms. The summed E-state index contributed by atoms with van der Waals surface area (Å²) in [6.45, 7) is 5.59. The van der Waals surface area contributed by atoms with E-state index in [0.717, 1.165) is 6.42 Å². The van der Waals surface area contributed by atoms with Gasteiger partial charge in [0.2, 0.25) is 0 Å². The van der Waals surface area contributed by atoms with Gasteiger partial charge in [-0.1, -0.05) is 6.92 Å². The van der Waals surface area contributed by atoms with Gasteiger partial charge in [-0.05, 0) is 20.3 Å². The second-order valence-electron chi connectivity index (χ2n) is 3.90. The SMILES string of the molecule is CC[C@H]1OC(=O)[C@H]2OC(C)(C)OC21. The Balaban J connectivity index is 2.17. The van der Waals surface area contributed by atoms with E-state index >= 15 is 0 Å². The number of carbonyl (C=O) groups excluding carboxylic acids is 1. The van der Waals surface area contributed by atoms with Crippen LogP contribution in [0.15, 0.2) is 0 Å². The summed E-state index contributed by atoms with van der Waals surface area (Å²) >= 11 is 0. The first kappa shape index (κ1) is 8.97. The molecule has 0 aliphatic carbocycles. The molecule has 13 heavy (non-hydrogen) atoms. The van der Waals surface area contributed by atoms with Crippen molar-refractivity contribution in [1.82, 2.24) is 0 Å². The average molecular weight is 186 g/mol. The van der Waals surface area contributed by atoms with Crippen LogP contribution in [0, 0.1) is 0 Å². The van der Waals surface area contributed by atoms with E-state index in [1.54, 1.807) is 0 Å². The van der Waals surface area contributed by atoms with Crippen LogP contribution in [0.1, 0.15) is 27.2 Å². The maximum Gasteiger partial charge on any atom is 0.338 e. The minimum atomic E-state index is -0.651. The van der Waals surface area contributed by atoms with Gasteiger partial charge in [0.25, 0.3) is 0 Å². The first-order valence-corrected chi connectivity index (χ1v) is 4.59. The molecule has 0 saturated carbocycles. The molecule has 0 aromatic heterocycles. The van der Waals surface area contributed by atoms with Gasteiger partial charge < -0.3 is 14.2 Å². The highest BCUT2D eigenvalue weighted by Crippen LogP contribution is 2.36. The quantitative estimate of drug-likeness (QED) is 0.569. The van der Waals surface area contributed by atoms with E-state index in [2.05, 4.69) is 0 Å². The van der Waals surface area contributed by atoms with Gasteiger partial charge in [0.05, 0.1) is 0 Å². The Morgan fingerprint density at radius 2 is 2.08 bits per heavy atom. The van der Waals surface area contributed by atoms with E-state index < -0.39 is 11.9 Å². The third kappa shape index (κ3) is 1.34. The molecule has 0 radical (unpaired) electrons. The molecule has 2 fully saturated rings. The zero-order valence-electron chi connectivity index (χ0n) is 8.07. The zero-order valence-corrected chi connectivity index (χ0v) is 8.07. The third-order valence-corrected chi connectivity index (χ3v) is 2.40. The highest BCUT2D eigenvalue weighted by molar-refractivity contribution is 5.78. The van der Waals surface area contributed by atoms with Crippen LogP contribution < -0.4 is 0 Å². The molecular formula is C9H14O4. The smallest absolute Gasteiger partial charge is 0.338 e. The van der Waals surface area contributed by atoms with Crippen molar-refractivity contribution >= 4 is 5.97 Å². The van der Waals surface area contributed by atoms with Crippen molar-refractivity contribution in [2.45, 2.75) is 51.3 Å². The minimum absolute atomic E-state index is 0.140. The molecule has 4 heteroatoms. The van der Waals surface area contributed by atoms with Gasteiger partial charge >= 0.3 is 5.97 Å². The first-order chi connectivity index (χ1) is 6.03. The highest BCUT2D eigenvalue weighted by Gasteiger charge is 2.55. The van der Waals surface area contributed by atoms with E-state index in [9.17, 15) is 4.79 Å². The summed E-state index contributed by atoms with van der Waals surface area (Å²) in [7, 11) is 0. The normalized spacial score (nSPS) is 41.8. The Morgan fingerprint density at radius 3 is 2.69 bits per heavy atom. The number of ether oxygens (including phenoxy) is 3. The topological polar surface area (TPSA) is 44.8 Å². The minimum Gasteiger partial charge on any atom is -0.457 e. The molecule has 2 aliphatic heterocycles. The molecule has 0 amide bonds. The lowest BCUT2D eigenvalue weighted by atomic mass is 10.1. The second kappa shape index (κ2) is 2.69. The van der Waals surface area contributed by atoms with Crippen molar-refractivity contribution in [2.24, 2.45) is 0 Å². The second-order valence-corrected chi connectivity index (χ2v) is 3.90. The summed E-state index contributed by atoms with van der Waals surface area (Å²) < 4.78 is 16.1. The molecule has 0 aromatic rings. The number of fused-ring (bicyclic) bond motifs is 1. The van der Waals surface area contributed by atoms with Crippen molar-refractivity contribution in [2.75, 3.05) is 0 Å². The van der Waals surface area contributed by atoms with Crippen LogP contribution in [0.3, 0.4) is 0 Å². The molecule has 2 aliphatic rings. The summed E-state index contributed by atoms with van der Waals surface area (Å²) in [4.78, 5) is 11.3. The molecular weight excluding hydrogens is 172 g/mol. The molecule has 2 saturated heterocycles. The molecule has 2 heterocycles. The van der Waals surface area contributed by atoms with Crippen molar-refractivity contribution in [3.8, 4) is 0 Å². The zero-order chi connectivity index (χ0) is 9.64. The number of rotatable bonds is 1. The summed E-state index contributed by atoms with van der Waals surface area (Å²) in [5, 5.41) is 0.